The van der Waals surface area contributed by atoms with Crippen molar-refractivity contribution in [3.05, 3.63) is 29.6 Å². The molecule has 0 saturated carbocycles. The zero-order valence-corrected chi connectivity index (χ0v) is 8.07. The summed E-state index contributed by atoms with van der Waals surface area (Å²) in [4.78, 5) is 3.99. The molecule has 14 heavy (non-hydrogen) atoms. The molecule has 3 heteroatoms. The second kappa shape index (κ2) is 2.87. The lowest BCUT2D eigenvalue weighted by atomic mass is 10.0. The third kappa shape index (κ3) is 1.02. The Kier molecular flexibility index (Phi) is 1.81. The van der Waals surface area contributed by atoms with Gasteiger partial charge >= 0.3 is 0 Å². The van der Waals surface area contributed by atoms with Crippen molar-refractivity contribution in [2.24, 2.45) is 0 Å². The van der Waals surface area contributed by atoms with E-state index < -0.39 is 0 Å². The number of aryl methyl sites for hydroxylation is 2. The molecule has 2 N–H and O–H groups in total. The molecule has 0 aliphatic carbocycles. The van der Waals surface area contributed by atoms with E-state index >= 15 is 0 Å². The Labute approximate surface area is 81.7 Å². The van der Waals surface area contributed by atoms with Gasteiger partial charge in [0.15, 0.2) is 11.5 Å². The SMILES string of the molecule is Cc1c(O)c(O)c(C)c2cnccc12. The maximum Gasteiger partial charge on any atom is 0.161 e. The van der Waals surface area contributed by atoms with Crippen molar-refractivity contribution in [3.63, 3.8) is 0 Å². The van der Waals surface area contributed by atoms with E-state index in [0.29, 0.717) is 11.1 Å². The number of benzene rings is 1. The number of phenols is 2. The lowest BCUT2D eigenvalue weighted by Gasteiger charge is -2.09. The fourth-order valence-corrected chi connectivity index (χ4v) is 1.63. The first-order chi connectivity index (χ1) is 6.63. The van der Waals surface area contributed by atoms with Crippen LogP contribution in [0.1, 0.15) is 11.1 Å². The molecule has 0 saturated heterocycles. The minimum absolute atomic E-state index is 0.0406. The van der Waals surface area contributed by atoms with Gasteiger partial charge < -0.3 is 10.2 Å². The summed E-state index contributed by atoms with van der Waals surface area (Å²) in [6.45, 7) is 3.54. The Hall–Kier alpha value is -1.77. The van der Waals surface area contributed by atoms with Crippen LogP contribution in [0.4, 0.5) is 0 Å². The van der Waals surface area contributed by atoms with Crippen LogP contribution in [0.3, 0.4) is 0 Å². The second-order valence-electron chi connectivity index (χ2n) is 3.37. The van der Waals surface area contributed by atoms with Crippen molar-refractivity contribution < 1.29 is 10.2 Å². The Morgan fingerprint density at radius 2 is 1.57 bits per heavy atom. The van der Waals surface area contributed by atoms with Crippen LogP contribution in [0.5, 0.6) is 11.5 Å². The van der Waals surface area contributed by atoms with E-state index in [1.807, 2.05) is 6.07 Å². The molecule has 0 unspecified atom stereocenters. The van der Waals surface area contributed by atoms with E-state index in [4.69, 9.17) is 0 Å². The van der Waals surface area contributed by atoms with E-state index in [1.165, 1.54) is 0 Å². The topological polar surface area (TPSA) is 53.4 Å². The molecule has 3 nitrogen and oxygen atoms in total. The number of fused-ring (bicyclic) bond motifs is 1. The lowest BCUT2D eigenvalue weighted by molar-refractivity contribution is 0.400. The normalized spacial score (nSPS) is 10.7. The number of aromatic hydroxyl groups is 2. The Bertz CT molecular complexity index is 460. The number of pyridine rings is 1. The van der Waals surface area contributed by atoms with Crippen LogP contribution in [0.2, 0.25) is 0 Å². The van der Waals surface area contributed by atoms with Crippen molar-refractivity contribution in [1.29, 1.82) is 0 Å². The Morgan fingerprint density at radius 3 is 2.21 bits per heavy atom. The molecule has 1 aromatic heterocycles. The summed E-state index contributed by atoms with van der Waals surface area (Å²) in [6, 6.07) is 1.83. The summed E-state index contributed by atoms with van der Waals surface area (Å²) in [5, 5.41) is 21.0. The van der Waals surface area contributed by atoms with Gasteiger partial charge in [-0.15, -0.1) is 0 Å². The van der Waals surface area contributed by atoms with Crippen molar-refractivity contribution in [2.45, 2.75) is 13.8 Å². The Balaban J connectivity index is 3.02. The molecule has 0 atom stereocenters. The zero-order valence-electron chi connectivity index (χ0n) is 8.07. The smallest absolute Gasteiger partial charge is 0.161 e. The van der Waals surface area contributed by atoms with Crippen LogP contribution < -0.4 is 0 Å². The first-order valence-corrected chi connectivity index (χ1v) is 4.37. The van der Waals surface area contributed by atoms with Gasteiger partial charge in [-0.1, -0.05) is 0 Å². The highest BCUT2D eigenvalue weighted by Gasteiger charge is 2.12. The van der Waals surface area contributed by atoms with Crippen LogP contribution in [-0.4, -0.2) is 15.2 Å². The van der Waals surface area contributed by atoms with Gasteiger partial charge in [0.05, 0.1) is 0 Å². The molecule has 1 aromatic carbocycles. The summed E-state index contributed by atoms with van der Waals surface area (Å²) in [5.41, 5.74) is 1.35. The summed E-state index contributed by atoms with van der Waals surface area (Å²) < 4.78 is 0. The molecule has 0 aliphatic heterocycles. The molecular weight excluding hydrogens is 178 g/mol. The van der Waals surface area contributed by atoms with E-state index in [1.54, 1.807) is 26.2 Å². The molecule has 2 rings (SSSR count). The summed E-state index contributed by atoms with van der Waals surface area (Å²) >= 11 is 0. The predicted molar refractivity (Wildman–Crippen MR) is 54.5 cm³/mol. The van der Waals surface area contributed by atoms with Gasteiger partial charge in [0, 0.05) is 28.9 Å². The summed E-state index contributed by atoms with van der Waals surface area (Å²) in [7, 11) is 0. The zero-order chi connectivity index (χ0) is 10.3. The molecule has 0 radical (unpaired) electrons. The minimum atomic E-state index is -0.0528. The maximum atomic E-state index is 9.61. The van der Waals surface area contributed by atoms with Crippen LogP contribution in [0, 0.1) is 13.8 Å². The van der Waals surface area contributed by atoms with Gasteiger partial charge in [-0.05, 0) is 25.3 Å². The van der Waals surface area contributed by atoms with Crippen molar-refractivity contribution in [1.82, 2.24) is 4.98 Å². The van der Waals surface area contributed by atoms with Gasteiger partial charge in [0.25, 0.3) is 0 Å². The highest BCUT2D eigenvalue weighted by atomic mass is 16.3. The second-order valence-corrected chi connectivity index (χ2v) is 3.37. The number of aromatic nitrogens is 1. The molecule has 0 amide bonds. The maximum absolute atomic E-state index is 9.61. The number of rotatable bonds is 0. The molecule has 2 aromatic rings. The minimum Gasteiger partial charge on any atom is -0.504 e. The highest BCUT2D eigenvalue weighted by molar-refractivity contribution is 5.92. The average molecular weight is 189 g/mol. The van der Waals surface area contributed by atoms with Gasteiger partial charge in [0.2, 0.25) is 0 Å². The average Bonchev–Trinajstić information content (AvgIpc) is 2.23. The van der Waals surface area contributed by atoms with Crippen molar-refractivity contribution >= 4 is 10.8 Å². The quantitative estimate of drug-likeness (QED) is 0.625. The summed E-state index contributed by atoms with van der Waals surface area (Å²) in [6.07, 6.45) is 3.36. The molecule has 1 heterocycles. The molecule has 0 fully saturated rings. The van der Waals surface area contributed by atoms with Crippen LogP contribution in [0.25, 0.3) is 10.8 Å². The van der Waals surface area contributed by atoms with Crippen LogP contribution in [-0.2, 0) is 0 Å². The van der Waals surface area contributed by atoms with Crippen LogP contribution in [0.15, 0.2) is 18.5 Å². The van der Waals surface area contributed by atoms with Gasteiger partial charge in [-0.25, -0.2) is 0 Å². The summed E-state index contributed by atoms with van der Waals surface area (Å²) in [5.74, 6) is -0.0933. The molecular formula is C11H11NO2. The van der Waals surface area contributed by atoms with E-state index in [2.05, 4.69) is 4.98 Å². The van der Waals surface area contributed by atoms with Crippen molar-refractivity contribution in [3.8, 4) is 11.5 Å². The van der Waals surface area contributed by atoms with E-state index in [0.717, 1.165) is 10.8 Å². The first kappa shape index (κ1) is 8.81. The first-order valence-electron chi connectivity index (χ1n) is 4.37. The van der Waals surface area contributed by atoms with Gasteiger partial charge in [0.1, 0.15) is 0 Å². The van der Waals surface area contributed by atoms with Crippen LogP contribution >= 0.6 is 0 Å². The molecule has 0 aliphatic rings. The van der Waals surface area contributed by atoms with E-state index in [-0.39, 0.29) is 11.5 Å². The number of phenolic OH excluding ortho intramolecular Hbond substituents is 2. The van der Waals surface area contributed by atoms with Crippen molar-refractivity contribution in [2.75, 3.05) is 0 Å². The highest BCUT2D eigenvalue weighted by Crippen LogP contribution is 2.38. The monoisotopic (exact) mass is 189 g/mol. The number of nitrogens with zero attached hydrogens (tertiary/aromatic N) is 1. The predicted octanol–water partition coefficient (Wildman–Crippen LogP) is 2.26. The molecule has 72 valence electrons. The number of hydrogen-bond donors (Lipinski definition) is 2. The van der Waals surface area contributed by atoms with E-state index in [9.17, 15) is 10.2 Å². The largest absolute Gasteiger partial charge is 0.504 e. The standard InChI is InChI=1S/C11H11NO2/c1-6-8-3-4-12-5-9(8)7(2)11(14)10(6)13/h3-5,13-14H,1-2H3. The third-order valence-corrected chi connectivity index (χ3v) is 2.56. The fraction of sp³-hybridized carbons (Fsp3) is 0.182. The third-order valence-electron chi connectivity index (χ3n) is 2.56. The van der Waals surface area contributed by atoms with Gasteiger partial charge in [-0.3, -0.25) is 4.98 Å². The number of hydrogen-bond acceptors (Lipinski definition) is 3. The lowest BCUT2D eigenvalue weighted by Crippen LogP contribution is -1.86. The molecule has 0 bridgehead atoms. The molecule has 0 spiro atoms. The van der Waals surface area contributed by atoms with Gasteiger partial charge in [-0.2, -0.15) is 0 Å². The Morgan fingerprint density at radius 1 is 1.00 bits per heavy atom. The fourth-order valence-electron chi connectivity index (χ4n) is 1.63.